The molecule has 2 amide bonds. The van der Waals surface area contributed by atoms with Crippen LogP contribution < -0.4 is 5.32 Å². The summed E-state index contributed by atoms with van der Waals surface area (Å²) < 4.78 is 1.68. The Morgan fingerprint density at radius 2 is 2.00 bits per heavy atom. The lowest BCUT2D eigenvalue weighted by Crippen LogP contribution is -2.51. The summed E-state index contributed by atoms with van der Waals surface area (Å²) in [5.74, 6) is -0.368. The molecule has 0 aliphatic carbocycles. The number of amidine groups is 1. The van der Waals surface area contributed by atoms with Crippen LogP contribution in [-0.2, 0) is 22.2 Å². The minimum atomic E-state index is -1.06. The molecule has 0 radical (unpaired) electrons. The molecule has 4 heterocycles. The SMILES string of the molecule is Cc1ncsc1-c1ccc(C2(C)NC(C3CC(O)CN3C(=O)C(c3cnn(C)c3)C(C)C)=NC2=O)cc1. The minimum Gasteiger partial charge on any atom is -0.391 e. The first kappa shape index (κ1) is 25.3. The van der Waals surface area contributed by atoms with E-state index < -0.39 is 23.6 Å². The first-order chi connectivity index (χ1) is 17.6. The number of rotatable bonds is 6. The van der Waals surface area contributed by atoms with Gasteiger partial charge in [-0.05, 0) is 30.9 Å². The van der Waals surface area contributed by atoms with Gasteiger partial charge in [0.25, 0.3) is 5.91 Å². The summed E-state index contributed by atoms with van der Waals surface area (Å²) in [7, 11) is 1.82. The van der Waals surface area contributed by atoms with Crippen LogP contribution in [0.1, 0.15) is 49.9 Å². The van der Waals surface area contributed by atoms with Crippen molar-refractivity contribution >= 4 is 29.0 Å². The number of carbonyl (C=O) groups is 2. The number of likely N-dealkylation sites (tertiary alicyclic amines) is 1. The van der Waals surface area contributed by atoms with Crippen molar-refractivity contribution in [2.24, 2.45) is 18.0 Å². The molecule has 1 fully saturated rings. The minimum absolute atomic E-state index is 0.0289. The highest BCUT2D eigenvalue weighted by molar-refractivity contribution is 7.13. The van der Waals surface area contributed by atoms with Crippen molar-refractivity contribution in [2.75, 3.05) is 6.54 Å². The summed E-state index contributed by atoms with van der Waals surface area (Å²) in [6.07, 6.45) is 3.20. The largest absolute Gasteiger partial charge is 0.391 e. The number of aliphatic hydroxyl groups is 1. The molecule has 2 aliphatic rings. The van der Waals surface area contributed by atoms with Crippen LogP contribution in [0.2, 0.25) is 0 Å². The van der Waals surface area contributed by atoms with Crippen molar-refractivity contribution in [3.63, 3.8) is 0 Å². The molecule has 1 saturated heterocycles. The molecule has 1 aromatic carbocycles. The van der Waals surface area contributed by atoms with Crippen LogP contribution in [0, 0.1) is 12.8 Å². The van der Waals surface area contributed by atoms with Gasteiger partial charge in [-0.15, -0.1) is 11.3 Å². The number of nitrogens with one attached hydrogen (secondary N) is 1. The first-order valence-electron chi connectivity index (χ1n) is 12.5. The van der Waals surface area contributed by atoms with Crippen molar-refractivity contribution in [3.8, 4) is 10.4 Å². The number of nitrogens with zero attached hydrogens (tertiary/aromatic N) is 5. The number of β-amino-alcohol motifs (C(OH)–C–C–N with tert-alkyl or cyclic N) is 1. The zero-order valence-electron chi connectivity index (χ0n) is 21.7. The average molecular weight is 521 g/mol. The Labute approximate surface area is 220 Å². The second-order valence-corrected chi connectivity index (χ2v) is 11.3. The van der Waals surface area contributed by atoms with Crippen molar-refractivity contribution in [2.45, 2.75) is 57.7 Å². The van der Waals surface area contributed by atoms with E-state index >= 15 is 0 Å². The van der Waals surface area contributed by atoms with E-state index in [0.717, 1.165) is 27.3 Å². The second kappa shape index (κ2) is 9.50. The van der Waals surface area contributed by atoms with Gasteiger partial charge in [0, 0.05) is 31.8 Å². The highest BCUT2D eigenvalue weighted by Crippen LogP contribution is 2.35. The number of benzene rings is 1. The maximum absolute atomic E-state index is 13.8. The fourth-order valence-corrected chi connectivity index (χ4v) is 6.17. The molecule has 0 spiro atoms. The number of amides is 2. The summed E-state index contributed by atoms with van der Waals surface area (Å²) >= 11 is 1.58. The Morgan fingerprint density at radius 3 is 2.59 bits per heavy atom. The maximum Gasteiger partial charge on any atom is 0.277 e. The third kappa shape index (κ3) is 4.48. The van der Waals surface area contributed by atoms with Crippen LogP contribution in [0.15, 0.2) is 47.2 Å². The predicted octanol–water partition coefficient (Wildman–Crippen LogP) is 3.00. The number of hydrogen-bond acceptors (Lipinski definition) is 7. The molecule has 2 N–H and O–H groups in total. The summed E-state index contributed by atoms with van der Waals surface area (Å²) in [5, 5.41) is 18.1. The molecule has 194 valence electrons. The zero-order chi connectivity index (χ0) is 26.5. The van der Waals surface area contributed by atoms with Crippen LogP contribution in [0.5, 0.6) is 0 Å². The van der Waals surface area contributed by atoms with Gasteiger partial charge >= 0.3 is 0 Å². The Bertz CT molecular complexity index is 1360. The van der Waals surface area contributed by atoms with E-state index in [9.17, 15) is 14.7 Å². The molecule has 37 heavy (non-hydrogen) atoms. The highest BCUT2D eigenvalue weighted by Gasteiger charge is 2.48. The highest BCUT2D eigenvalue weighted by atomic mass is 32.1. The lowest BCUT2D eigenvalue weighted by Gasteiger charge is -2.31. The first-order valence-corrected chi connectivity index (χ1v) is 13.4. The lowest BCUT2D eigenvalue weighted by molar-refractivity contribution is -0.134. The van der Waals surface area contributed by atoms with Crippen LogP contribution in [0.3, 0.4) is 0 Å². The molecular weight excluding hydrogens is 488 g/mol. The van der Waals surface area contributed by atoms with Gasteiger partial charge < -0.3 is 15.3 Å². The number of aromatic nitrogens is 3. The van der Waals surface area contributed by atoms with E-state index in [1.165, 1.54) is 0 Å². The van der Waals surface area contributed by atoms with Gasteiger partial charge in [0.15, 0.2) is 0 Å². The molecule has 0 saturated carbocycles. The van der Waals surface area contributed by atoms with E-state index in [1.54, 1.807) is 27.1 Å². The molecule has 4 unspecified atom stereocenters. The van der Waals surface area contributed by atoms with Gasteiger partial charge in [0.05, 0.1) is 40.3 Å². The number of hydrogen-bond donors (Lipinski definition) is 2. The Balaban J connectivity index is 1.39. The Hall–Kier alpha value is -3.37. The van der Waals surface area contributed by atoms with E-state index in [2.05, 4.69) is 20.4 Å². The molecule has 9 nitrogen and oxygen atoms in total. The normalized spacial score (nSPS) is 24.5. The van der Waals surface area contributed by atoms with Crippen LogP contribution in [0.4, 0.5) is 0 Å². The number of thiazole rings is 1. The molecule has 3 aromatic rings. The van der Waals surface area contributed by atoms with Crippen LogP contribution >= 0.6 is 11.3 Å². The van der Waals surface area contributed by atoms with Gasteiger partial charge in [-0.25, -0.2) is 4.98 Å². The fraction of sp³-hybridized carbons (Fsp3) is 0.444. The quantitative estimate of drug-likeness (QED) is 0.517. The van der Waals surface area contributed by atoms with Crippen LogP contribution in [-0.4, -0.2) is 61.1 Å². The molecular formula is C27H32N6O3S. The maximum atomic E-state index is 13.8. The standard InChI is InChI=1S/C27H32N6O3S/c1-15(2)22(18-11-29-32(5)12-18)25(35)33-13-20(34)10-21(33)24-30-26(36)27(4,31-24)19-8-6-17(7-9-19)23-16(3)28-14-37-23/h6-9,11-12,14-15,20-22,34H,10,13H2,1-5H3,(H,30,31,36). The number of aliphatic hydroxyl groups excluding tert-OH is 1. The molecule has 2 aliphatic heterocycles. The third-order valence-electron chi connectivity index (χ3n) is 7.39. The van der Waals surface area contributed by atoms with Crippen molar-refractivity contribution in [1.82, 2.24) is 25.0 Å². The Morgan fingerprint density at radius 1 is 1.27 bits per heavy atom. The molecule has 2 aromatic heterocycles. The van der Waals surface area contributed by atoms with Crippen molar-refractivity contribution in [1.29, 1.82) is 0 Å². The Kier molecular flexibility index (Phi) is 6.49. The van der Waals surface area contributed by atoms with Gasteiger partial charge in [-0.3, -0.25) is 14.3 Å². The fourth-order valence-electron chi connectivity index (χ4n) is 5.35. The molecule has 4 atom stereocenters. The predicted molar refractivity (Wildman–Crippen MR) is 142 cm³/mol. The van der Waals surface area contributed by atoms with Gasteiger partial charge in [0.1, 0.15) is 11.4 Å². The number of carbonyl (C=O) groups excluding carboxylic acids is 2. The molecule has 5 rings (SSSR count). The third-order valence-corrected chi connectivity index (χ3v) is 8.37. The number of aryl methyl sites for hydroxylation is 2. The van der Waals surface area contributed by atoms with Crippen molar-refractivity contribution in [3.05, 3.63) is 59.0 Å². The summed E-state index contributed by atoms with van der Waals surface area (Å²) in [6.45, 7) is 7.98. The average Bonchev–Trinajstić information content (AvgIpc) is 3.62. The van der Waals surface area contributed by atoms with Crippen LogP contribution in [0.25, 0.3) is 10.4 Å². The zero-order valence-corrected chi connectivity index (χ0v) is 22.5. The summed E-state index contributed by atoms with van der Waals surface area (Å²) in [4.78, 5) is 38.5. The smallest absolute Gasteiger partial charge is 0.277 e. The van der Waals surface area contributed by atoms with E-state index in [0.29, 0.717) is 12.3 Å². The van der Waals surface area contributed by atoms with E-state index in [1.807, 2.05) is 70.7 Å². The summed E-state index contributed by atoms with van der Waals surface area (Å²) in [5.41, 5.74) is 4.41. The monoisotopic (exact) mass is 520 g/mol. The van der Waals surface area contributed by atoms with Crippen molar-refractivity contribution < 1.29 is 14.7 Å². The topological polar surface area (TPSA) is 113 Å². The summed E-state index contributed by atoms with van der Waals surface area (Å²) in [6, 6.07) is 7.34. The second-order valence-electron chi connectivity index (χ2n) is 10.5. The molecule has 10 heteroatoms. The van der Waals surface area contributed by atoms with Gasteiger partial charge in [-0.1, -0.05) is 38.1 Å². The van der Waals surface area contributed by atoms with E-state index in [-0.39, 0.29) is 24.3 Å². The van der Waals surface area contributed by atoms with E-state index in [4.69, 9.17) is 0 Å². The number of aliphatic imine (C=N–C) groups is 1. The molecule has 0 bridgehead atoms. The van der Waals surface area contributed by atoms with Gasteiger partial charge in [0.2, 0.25) is 5.91 Å². The lowest BCUT2D eigenvalue weighted by atomic mass is 9.88. The van der Waals surface area contributed by atoms with Gasteiger partial charge in [-0.2, -0.15) is 10.1 Å².